The van der Waals surface area contributed by atoms with E-state index in [1.807, 2.05) is 36.4 Å². The number of rotatable bonds is 2. The monoisotopic (exact) mass is 792 g/mol. The van der Waals surface area contributed by atoms with Gasteiger partial charge in [0, 0.05) is 27.7 Å². The number of Topliss-reactive ketones (excluding diaryl/α,β-unsaturated/α-hetero) is 2. The van der Waals surface area contributed by atoms with E-state index in [4.69, 9.17) is 56.4 Å². The number of benzene rings is 2. The van der Waals surface area contributed by atoms with Gasteiger partial charge >= 0.3 is 0 Å². The smallest absolute Gasteiger partial charge is 0.212 e. The van der Waals surface area contributed by atoms with Gasteiger partial charge in [0.25, 0.3) is 0 Å². The average molecular weight is 795 g/mol. The highest BCUT2D eigenvalue weighted by molar-refractivity contribution is 7.26. The van der Waals surface area contributed by atoms with Crippen molar-refractivity contribution in [1.29, 1.82) is 21.0 Å². The third kappa shape index (κ3) is 4.96. The second-order valence-corrected chi connectivity index (χ2v) is 16.1. The summed E-state index contributed by atoms with van der Waals surface area (Å²) < 4.78 is 0. The minimum Gasteiger partial charge on any atom is -0.287 e. The summed E-state index contributed by atoms with van der Waals surface area (Å²) in [5.74, 6) is -0.935. The van der Waals surface area contributed by atoms with Gasteiger partial charge in [0.2, 0.25) is 11.6 Å². The summed E-state index contributed by atoms with van der Waals surface area (Å²) in [7, 11) is 0. The molecule has 1 saturated carbocycles. The second-order valence-electron chi connectivity index (χ2n) is 12.4. The van der Waals surface area contributed by atoms with Crippen molar-refractivity contribution in [2.24, 2.45) is 9.98 Å². The zero-order valence-electron chi connectivity index (χ0n) is 26.3. The number of aliphatic imine (C=N–C) groups is 2. The van der Waals surface area contributed by atoms with E-state index in [0.717, 1.165) is 53.0 Å². The fraction of sp³-hybridized carbons (Fsp3) is 0.158. The molecule has 14 heteroatoms. The van der Waals surface area contributed by atoms with E-state index in [0.29, 0.717) is 21.1 Å². The van der Waals surface area contributed by atoms with E-state index in [9.17, 15) is 30.6 Å². The maximum Gasteiger partial charge on any atom is 0.212 e. The van der Waals surface area contributed by atoms with Gasteiger partial charge in [-0.25, -0.2) is 9.98 Å². The quantitative estimate of drug-likeness (QED) is 0.184. The van der Waals surface area contributed by atoms with Crippen LogP contribution in [-0.2, 0) is 5.41 Å². The average Bonchev–Trinajstić information content (AvgIpc) is 3.91. The molecule has 2 aromatic carbocycles. The first-order valence-corrected chi connectivity index (χ1v) is 18.8. The Morgan fingerprint density at radius 3 is 1.31 bits per heavy atom. The van der Waals surface area contributed by atoms with Crippen LogP contribution in [0, 0.1) is 45.3 Å². The molecular weight excluding hydrogens is 778 g/mol. The Balaban J connectivity index is 1.28. The van der Waals surface area contributed by atoms with Crippen LogP contribution in [0.25, 0.3) is 20.9 Å². The zero-order chi connectivity index (χ0) is 36.6. The molecule has 52 heavy (non-hydrogen) atoms. The number of nitrogens with zero attached hydrogens (tertiary/aromatic N) is 6. The molecule has 0 aliphatic heterocycles. The molecule has 0 atom stereocenters. The molecule has 0 amide bonds. The normalized spacial score (nSPS) is 17.8. The van der Waals surface area contributed by atoms with E-state index in [2.05, 4.69) is 0 Å². The molecule has 4 aromatic rings. The van der Waals surface area contributed by atoms with Gasteiger partial charge in [0.05, 0.1) is 29.8 Å². The lowest BCUT2D eigenvalue weighted by atomic mass is 9.68. The Labute approximate surface area is 324 Å². The SMILES string of the molecule is N#CC(C#N)=C1/C(=N/c2cc3c(s2)-c2sc(/N=C4\C(=O)c5cc(Cl)c(Cl)cc5C4=C(C#N)C#N)cc2C32CCCCC2)C(=O)c2cc(Cl)c(Cl)cc21. The van der Waals surface area contributed by atoms with Crippen molar-refractivity contribution in [2.75, 3.05) is 0 Å². The molecule has 2 heterocycles. The number of hydrogen-bond donors (Lipinski definition) is 0. The number of fused-ring (bicyclic) bond motifs is 7. The molecule has 0 unspecified atom stereocenters. The van der Waals surface area contributed by atoms with Crippen LogP contribution in [0.1, 0.15) is 75.1 Å². The minimum absolute atomic E-state index is 0.0350. The molecule has 4 aliphatic carbocycles. The summed E-state index contributed by atoms with van der Waals surface area (Å²) in [6.45, 7) is 0. The Kier molecular flexibility index (Phi) is 8.33. The number of ketones is 2. The number of nitriles is 4. The number of halogens is 4. The highest BCUT2D eigenvalue weighted by atomic mass is 35.5. The van der Waals surface area contributed by atoms with Gasteiger partial charge in [0.15, 0.2) is 0 Å². The van der Waals surface area contributed by atoms with Crippen LogP contribution in [0.2, 0.25) is 20.1 Å². The van der Waals surface area contributed by atoms with Crippen LogP contribution >= 0.6 is 69.1 Å². The van der Waals surface area contributed by atoms with Crippen LogP contribution < -0.4 is 0 Å². The predicted octanol–water partition coefficient (Wildman–Crippen LogP) is 11.2. The Bertz CT molecular complexity index is 2490. The first-order chi connectivity index (χ1) is 25.0. The fourth-order valence-electron chi connectivity index (χ4n) is 7.59. The van der Waals surface area contributed by atoms with Gasteiger partial charge in [0.1, 0.15) is 56.8 Å². The van der Waals surface area contributed by atoms with Crippen molar-refractivity contribution in [3.8, 4) is 34.0 Å². The molecule has 2 aromatic heterocycles. The first kappa shape index (κ1) is 34.2. The molecule has 1 spiro atoms. The summed E-state index contributed by atoms with van der Waals surface area (Å²) in [5, 5.41) is 41.0. The molecule has 4 aliphatic rings. The van der Waals surface area contributed by atoms with Gasteiger partial charge in [-0.05, 0) is 71.5 Å². The number of hydrogen-bond acceptors (Lipinski definition) is 10. The largest absolute Gasteiger partial charge is 0.287 e. The maximum atomic E-state index is 13.7. The van der Waals surface area contributed by atoms with Crippen LogP contribution in [0.15, 0.2) is 57.5 Å². The maximum absolute atomic E-state index is 13.7. The summed E-state index contributed by atoms with van der Waals surface area (Å²) in [6, 6.07) is 17.4. The summed E-state index contributed by atoms with van der Waals surface area (Å²) in [4.78, 5) is 39.0. The molecule has 1 fully saturated rings. The van der Waals surface area contributed by atoms with Crippen molar-refractivity contribution >= 4 is 113 Å². The fourth-order valence-corrected chi connectivity index (χ4v) is 10.7. The molecular formula is C38H16Cl4N6O2S2. The molecule has 0 bridgehead atoms. The molecule has 0 radical (unpaired) electrons. The standard InChI is InChI=1S/C38H16Cl4N6O2S2/c39-24-6-18-20(8-26(24)41)34(49)32(30(18)16(12-43)13-44)47-28-10-22-36(51-28)37-23(38(22)4-2-1-3-5-38)11-29(52-37)48-33-31(17(14-45)15-46)19-7-25(40)27(42)9-21(19)35(33)50/h6-11H,1-5H2/b47-32-,48-33-. The van der Waals surface area contributed by atoms with Crippen LogP contribution in [0.4, 0.5) is 10.0 Å². The predicted molar refractivity (Wildman–Crippen MR) is 204 cm³/mol. The topological polar surface area (TPSA) is 154 Å². The Hall–Kier alpha value is -4.88. The van der Waals surface area contributed by atoms with Gasteiger partial charge in [-0.15, -0.1) is 22.7 Å². The second kappa shape index (κ2) is 12.7. The Morgan fingerprint density at radius 1 is 0.577 bits per heavy atom. The molecule has 0 saturated heterocycles. The van der Waals surface area contributed by atoms with E-state index in [-0.39, 0.29) is 70.3 Å². The van der Waals surface area contributed by atoms with Crippen LogP contribution in [-0.4, -0.2) is 23.0 Å². The highest BCUT2D eigenvalue weighted by Gasteiger charge is 2.47. The number of thiophene rings is 2. The Morgan fingerprint density at radius 2 is 0.942 bits per heavy atom. The summed E-state index contributed by atoms with van der Waals surface area (Å²) in [6.07, 6.45) is 4.80. The minimum atomic E-state index is -0.467. The van der Waals surface area contributed by atoms with Gasteiger partial charge < -0.3 is 0 Å². The van der Waals surface area contributed by atoms with E-state index >= 15 is 0 Å². The van der Waals surface area contributed by atoms with Gasteiger partial charge in [-0.1, -0.05) is 65.7 Å². The van der Waals surface area contributed by atoms with Gasteiger partial charge in [-0.2, -0.15) is 21.0 Å². The zero-order valence-corrected chi connectivity index (χ0v) is 31.0. The number of carbonyl (C=O) groups excluding carboxylic acids is 2. The molecule has 8 nitrogen and oxygen atoms in total. The molecule has 250 valence electrons. The summed E-state index contributed by atoms with van der Waals surface area (Å²) in [5.41, 5.74) is 2.51. The van der Waals surface area contributed by atoms with Crippen molar-refractivity contribution in [1.82, 2.24) is 0 Å². The third-order valence-electron chi connectivity index (χ3n) is 9.83. The van der Waals surface area contributed by atoms with Crippen molar-refractivity contribution < 1.29 is 9.59 Å². The highest BCUT2D eigenvalue weighted by Crippen LogP contribution is 2.63. The molecule has 0 N–H and O–H groups in total. The van der Waals surface area contributed by atoms with Gasteiger partial charge in [-0.3, -0.25) is 9.59 Å². The summed E-state index contributed by atoms with van der Waals surface area (Å²) >= 11 is 27.8. The lowest BCUT2D eigenvalue weighted by Gasteiger charge is -2.34. The lowest BCUT2D eigenvalue weighted by molar-refractivity contribution is 0.106. The van der Waals surface area contributed by atoms with Crippen LogP contribution in [0.5, 0.6) is 0 Å². The third-order valence-corrected chi connectivity index (χ3v) is 13.5. The van der Waals surface area contributed by atoms with E-state index in [1.165, 1.54) is 46.9 Å². The van der Waals surface area contributed by atoms with Crippen molar-refractivity contribution in [3.05, 3.63) is 101 Å². The first-order valence-electron chi connectivity index (χ1n) is 15.7. The van der Waals surface area contributed by atoms with Crippen molar-refractivity contribution in [2.45, 2.75) is 37.5 Å². The van der Waals surface area contributed by atoms with E-state index < -0.39 is 11.6 Å². The van der Waals surface area contributed by atoms with E-state index in [1.54, 1.807) is 0 Å². The van der Waals surface area contributed by atoms with Crippen LogP contribution in [0.3, 0.4) is 0 Å². The number of carbonyl (C=O) groups is 2. The van der Waals surface area contributed by atoms with Crippen molar-refractivity contribution in [3.63, 3.8) is 0 Å². The number of allylic oxidation sites excluding steroid dienone is 4. The lowest BCUT2D eigenvalue weighted by Crippen LogP contribution is -2.27. The molecule has 8 rings (SSSR count).